The fraction of sp³-hybridized carbons (Fsp3) is 0.667. The van der Waals surface area contributed by atoms with E-state index in [0.29, 0.717) is 12.8 Å². The topological polar surface area (TPSA) is 71.3 Å². The van der Waals surface area contributed by atoms with E-state index >= 15 is 0 Å². The van der Waals surface area contributed by atoms with Crippen molar-refractivity contribution in [3.8, 4) is 0 Å². The minimum atomic E-state index is -0.331. The lowest BCUT2D eigenvalue weighted by Gasteiger charge is -2.30. The van der Waals surface area contributed by atoms with Crippen LogP contribution in [0.4, 0.5) is 0 Å². The minimum absolute atomic E-state index is 0.0261. The number of hydrogen-bond acceptors (Lipinski definition) is 3. The Morgan fingerprint density at radius 1 is 1.22 bits per heavy atom. The molecule has 0 radical (unpaired) electrons. The third-order valence-corrected chi connectivity index (χ3v) is 4.91. The van der Waals surface area contributed by atoms with Gasteiger partial charge in [0.15, 0.2) is 5.78 Å². The third-order valence-electron chi connectivity index (χ3n) is 4.91. The Kier molecular flexibility index (Phi) is 5.30. The van der Waals surface area contributed by atoms with Crippen molar-refractivity contribution in [2.45, 2.75) is 72.8 Å². The summed E-state index contributed by atoms with van der Waals surface area (Å²) in [5, 5.41) is 8.48. The quantitative estimate of drug-likeness (QED) is 0.480. The van der Waals surface area contributed by atoms with Gasteiger partial charge in [-0.2, -0.15) is 0 Å². The highest BCUT2D eigenvalue weighted by molar-refractivity contribution is 6.00. The summed E-state index contributed by atoms with van der Waals surface area (Å²) in [5.74, 6) is -0.0575. The molecule has 0 unspecified atom stereocenters. The van der Waals surface area contributed by atoms with Crippen LogP contribution in [-0.4, -0.2) is 21.5 Å². The molecule has 2 N–H and O–H groups in total. The lowest BCUT2D eigenvalue weighted by Crippen LogP contribution is -2.28. The molecule has 2 rings (SSSR count). The summed E-state index contributed by atoms with van der Waals surface area (Å²) in [6.07, 6.45) is 4.57. The van der Waals surface area contributed by atoms with E-state index in [-0.39, 0.29) is 17.1 Å². The standard InChI is InChI=1S/C18H28N2O3/c1-12-13(2)20(9-7-5-6-8-16(22)19-23)14-10-18(3,4)11-15(21)17(12)14/h23H,5-11H2,1-4H3,(H,19,22). The first-order valence-corrected chi connectivity index (χ1v) is 8.41. The third kappa shape index (κ3) is 3.83. The normalized spacial score (nSPS) is 16.3. The van der Waals surface area contributed by atoms with E-state index in [1.165, 1.54) is 11.4 Å². The highest BCUT2D eigenvalue weighted by Gasteiger charge is 2.35. The summed E-state index contributed by atoms with van der Waals surface area (Å²) in [6.45, 7) is 9.33. The van der Waals surface area contributed by atoms with E-state index < -0.39 is 0 Å². The van der Waals surface area contributed by atoms with E-state index in [2.05, 4.69) is 25.3 Å². The van der Waals surface area contributed by atoms with Crippen molar-refractivity contribution in [2.24, 2.45) is 5.41 Å². The van der Waals surface area contributed by atoms with Crippen LogP contribution in [0.3, 0.4) is 0 Å². The number of nitrogens with one attached hydrogen (secondary N) is 1. The van der Waals surface area contributed by atoms with Gasteiger partial charge >= 0.3 is 0 Å². The molecule has 5 nitrogen and oxygen atoms in total. The summed E-state index contributed by atoms with van der Waals surface area (Å²) in [5.41, 5.74) is 6.13. The van der Waals surface area contributed by atoms with Crippen LogP contribution in [0.15, 0.2) is 0 Å². The first-order chi connectivity index (χ1) is 10.8. The predicted octanol–water partition coefficient (Wildman–Crippen LogP) is 3.33. The maximum atomic E-state index is 12.5. The van der Waals surface area contributed by atoms with Gasteiger partial charge in [0, 0.05) is 36.3 Å². The first-order valence-electron chi connectivity index (χ1n) is 8.41. The van der Waals surface area contributed by atoms with Crippen LogP contribution < -0.4 is 5.48 Å². The van der Waals surface area contributed by atoms with Crippen LogP contribution >= 0.6 is 0 Å². The number of carbonyl (C=O) groups is 2. The second kappa shape index (κ2) is 6.87. The second-order valence-corrected chi connectivity index (χ2v) is 7.47. The van der Waals surface area contributed by atoms with Gasteiger partial charge in [-0.3, -0.25) is 14.8 Å². The number of ketones is 1. The maximum absolute atomic E-state index is 12.5. The number of Topliss-reactive ketones (excluding diaryl/α,β-unsaturated/α-hetero) is 1. The van der Waals surface area contributed by atoms with Crippen molar-refractivity contribution in [3.05, 3.63) is 22.5 Å². The van der Waals surface area contributed by atoms with Crippen molar-refractivity contribution in [1.29, 1.82) is 0 Å². The number of fused-ring (bicyclic) bond motifs is 1. The largest absolute Gasteiger partial charge is 0.348 e. The zero-order chi connectivity index (χ0) is 17.2. The Morgan fingerprint density at radius 2 is 1.91 bits per heavy atom. The average molecular weight is 320 g/mol. The molecule has 23 heavy (non-hydrogen) atoms. The lowest BCUT2D eigenvalue weighted by molar-refractivity contribution is -0.129. The van der Waals surface area contributed by atoms with Crippen LogP contribution in [0.5, 0.6) is 0 Å². The van der Waals surface area contributed by atoms with Crippen molar-refractivity contribution in [1.82, 2.24) is 10.0 Å². The SMILES string of the molecule is Cc1c2c(n(CCCCCC(=O)NO)c1C)CC(C)(C)CC2=O. The summed E-state index contributed by atoms with van der Waals surface area (Å²) in [7, 11) is 0. The summed E-state index contributed by atoms with van der Waals surface area (Å²) < 4.78 is 2.30. The van der Waals surface area contributed by atoms with Crippen LogP contribution in [0.25, 0.3) is 0 Å². The number of aromatic nitrogens is 1. The van der Waals surface area contributed by atoms with Gasteiger partial charge in [-0.1, -0.05) is 20.3 Å². The molecule has 1 aromatic heterocycles. The zero-order valence-corrected chi connectivity index (χ0v) is 14.7. The van der Waals surface area contributed by atoms with E-state index in [1.54, 1.807) is 5.48 Å². The highest BCUT2D eigenvalue weighted by atomic mass is 16.5. The Bertz CT molecular complexity index is 614. The molecule has 0 aliphatic heterocycles. The molecular weight excluding hydrogens is 292 g/mol. The number of nitrogens with zero attached hydrogens (tertiary/aromatic N) is 1. The van der Waals surface area contributed by atoms with Gasteiger partial charge in [-0.25, -0.2) is 5.48 Å². The second-order valence-electron chi connectivity index (χ2n) is 7.47. The molecule has 0 saturated carbocycles. The molecule has 0 aromatic carbocycles. The van der Waals surface area contributed by atoms with Crippen molar-refractivity contribution in [2.75, 3.05) is 0 Å². The van der Waals surface area contributed by atoms with Gasteiger partial charge in [0.25, 0.3) is 0 Å². The van der Waals surface area contributed by atoms with Gasteiger partial charge in [-0.15, -0.1) is 0 Å². The summed E-state index contributed by atoms with van der Waals surface area (Å²) in [4.78, 5) is 23.5. The summed E-state index contributed by atoms with van der Waals surface area (Å²) >= 11 is 0. The maximum Gasteiger partial charge on any atom is 0.243 e. The molecule has 5 heteroatoms. The average Bonchev–Trinajstić information content (AvgIpc) is 2.69. The van der Waals surface area contributed by atoms with E-state index in [0.717, 1.165) is 43.4 Å². The lowest BCUT2D eigenvalue weighted by atomic mass is 9.75. The van der Waals surface area contributed by atoms with Crippen molar-refractivity contribution in [3.63, 3.8) is 0 Å². The van der Waals surface area contributed by atoms with Crippen LogP contribution in [-0.2, 0) is 17.8 Å². The van der Waals surface area contributed by atoms with Crippen LogP contribution in [0, 0.1) is 19.3 Å². The van der Waals surface area contributed by atoms with Gasteiger partial charge in [-0.05, 0) is 44.1 Å². The molecule has 0 saturated heterocycles. The van der Waals surface area contributed by atoms with E-state index in [9.17, 15) is 9.59 Å². The van der Waals surface area contributed by atoms with Crippen molar-refractivity contribution >= 4 is 11.7 Å². The molecule has 1 aromatic rings. The fourth-order valence-corrected chi connectivity index (χ4v) is 3.62. The van der Waals surface area contributed by atoms with Gasteiger partial charge in [0.1, 0.15) is 0 Å². The monoisotopic (exact) mass is 320 g/mol. The molecule has 1 aliphatic carbocycles. The van der Waals surface area contributed by atoms with Gasteiger partial charge in [0.2, 0.25) is 5.91 Å². The van der Waals surface area contributed by atoms with Gasteiger partial charge in [0.05, 0.1) is 0 Å². The number of hydroxylamine groups is 1. The molecule has 1 aliphatic rings. The van der Waals surface area contributed by atoms with Crippen molar-refractivity contribution < 1.29 is 14.8 Å². The molecular formula is C18H28N2O3. The molecule has 1 amide bonds. The van der Waals surface area contributed by atoms with E-state index in [1.807, 2.05) is 6.92 Å². The molecule has 0 spiro atoms. The minimum Gasteiger partial charge on any atom is -0.348 e. The van der Waals surface area contributed by atoms with Crippen LogP contribution in [0.1, 0.15) is 73.3 Å². The number of hydrogen-bond donors (Lipinski definition) is 2. The molecule has 0 bridgehead atoms. The van der Waals surface area contributed by atoms with Gasteiger partial charge < -0.3 is 4.57 Å². The smallest absolute Gasteiger partial charge is 0.243 e. The fourth-order valence-electron chi connectivity index (χ4n) is 3.62. The first kappa shape index (κ1) is 17.7. The Morgan fingerprint density at radius 3 is 2.57 bits per heavy atom. The Balaban J connectivity index is 2.07. The molecule has 0 fully saturated rings. The summed E-state index contributed by atoms with van der Waals surface area (Å²) in [6, 6.07) is 0. The predicted molar refractivity (Wildman–Crippen MR) is 88.7 cm³/mol. The molecule has 128 valence electrons. The highest BCUT2D eigenvalue weighted by Crippen LogP contribution is 2.38. The molecule has 1 heterocycles. The Hall–Kier alpha value is -1.62. The zero-order valence-electron chi connectivity index (χ0n) is 14.7. The van der Waals surface area contributed by atoms with E-state index in [4.69, 9.17) is 5.21 Å². The van der Waals surface area contributed by atoms with Crippen LogP contribution in [0.2, 0.25) is 0 Å². The number of rotatable bonds is 6. The molecule has 0 atom stereocenters. The number of carbonyl (C=O) groups excluding carboxylic acids is 2. The Labute approximate surface area is 138 Å². The number of unbranched alkanes of at least 4 members (excludes halogenated alkanes) is 2. The number of amides is 1.